The summed E-state index contributed by atoms with van der Waals surface area (Å²) in [6, 6.07) is 10.6. The van der Waals surface area contributed by atoms with E-state index in [1.807, 2.05) is 12.1 Å². The van der Waals surface area contributed by atoms with Crippen molar-refractivity contribution in [3.05, 3.63) is 64.7 Å². The number of hydrogen-bond acceptors (Lipinski definition) is 2. The second-order valence-corrected chi connectivity index (χ2v) is 8.06. The summed E-state index contributed by atoms with van der Waals surface area (Å²) in [5.74, 6) is -1.09. The molecule has 156 valence electrons. The minimum atomic E-state index is -0.780. The average Bonchev–Trinajstić information content (AvgIpc) is 2.70. The molecule has 2 aromatic carbocycles. The highest BCUT2D eigenvalue weighted by atomic mass is 35.5. The van der Waals surface area contributed by atoms with Crippen LogP contribution in [0.1, 0.15) is 18.4 Å². The van der Waals surface area contributed by atoms with E-state index in [-0.39, 0.29) is 5.69 Å². The van der Waals surface area contributed by atoms with Crippen LogP contribution >= 0.6 is 11.6 Å². The zero-order chi connectivity index (χ0) is 20.8. The number of benzene rings is 2. The molecule has 1 aliphatic heterocycles. The van der Waals surface area contributed by atoms with Gasteiger partial charge in [-0.15, -0.1) is 0 Å². The number of likely N-dealkylation sites (tertiary alicyclic amines) is 1. The minimum absolute atomic E-state index is 0.0171. The van der Waals surface area contributed by atoms with Crippen LogP contribution in [0.25, 0.3) is 0 Å². The highest BCUT2D eigenvalue weighted by Crippen LogP contribution is 2.20. The van der Waals surface area contributed by atoms with Gasteiger partial charge in [-0.1, -0.05) is 23.7 Å². The molecule has 1 fully saturated rings. The molecular weight excluding hydrogens is 396 g/mol. The lowest BCUT2D eigenvalue weighted by Crippen LogP contribution is -2.43. The Balaban J connectivity index is 1.47. The van der Waals surface area contributed by atoms with Gasteiger partial charge in [0.15, 0.2) is 0 Å². The molecule has 0 spiro atoms. The first-order chi connectivity index (χ1) is 13.9. The smallest absolute Gasteiger partial charge is 0.321 e. The van der Waals surface area contributed by atoms with Crippen molar-refractivity contribution in [3.8, 4) is 0 Å². The summed E-state index contributed by atoms with van der Waals surface area (Å²) in [6.45, 7) is 3.54. The molecule has 0 bridgehead atoms. The van der Waals surface area contributed by atoms with Gasteiger partial charge in [-0.05, 0) is 61.6 Å². The van der Waals surface area contributed by atoms with Gasteiger partial charge in [-0.3, -0.25) is 0 Å². The van der Waals surface area contributed by atoms with Gasteiger partial charge >= 0.3 is 6.03 Å². The summed E-state index contributed by atoms with van der Waals surface area (Å²) >= 11 is 5.94. The molecule has 1 N–H and O–H groups in total. The van der Waals surface area contributed by atoms with Crippen molar-refractivity contribution >= 4 is 23.3 Å². The lowest BCUT2D eigenvalue weighted by atomic mass is 9.97. The highest BCUT2D eigenvalue weighted by Gasteiger charge is 2.23. The van der Waals surface area contributed by atoms with E-state index in [4.69, 9.17) is 11.6 Å². The maximum atomic E-state index is 13.7. The van der Waals surface area contributed by atoms with E-state index < -0.39 is 17.7 Å². The third-order valence-corrected chi connectivity index (χ3v) is 5.54. The molecule has 2 amide bonds. The predicted molar refractivity (Wildman–Crippen MR) is 112 cm³/mol. The first kappa shape index (κ1) is 21.5. The molecule has 7 heteroatoms. The van der Waals surface area contributed by atoms with Gasteiger partial charge in [0.2, 0.25) is 0 Å². The van der Waals surface area contributed by atoms with Gasteiger partial charge < -0.3 is 15.1 Å². The normalized spacial score (nSPS) is 17.2. The number of carbonyl (C=O) groups excluding carboxylic acids is 1. The summed E-state index contributed by atoms with van der Waals surface area (Å²) in [7, 11) is 1.70. The molecule has 0 radical (unpaired) electrons. The van der Waals surface area contributed by atoms with Crippen LogP contribution < -0.4 is 5.32 Å². The summed E-state index contributed by atoms with van der Waals surface area (Å²) in [4.78, 5) is 16.4. The second kappa shape index (κ2) is 10.0. The summed E-state index contributed by atoms with van der Waals surface area (Å²) in [5.41, 5.74) is 1.24. The van der Waals surface area contributed by atoms with Crippen LogP contribution in [-0.4, -0.2) is 49.1 Å². The molecule has 0 aliphatic carbocycles. The molecule has 0 saturated carbocycles. The third-order valence-electron chi connectivity index (χ3n) is 5.28. The molecule has 29 heavy (non-hydrogen) atoms. The number of nitrogens with zero attached hydrogens (tertiary/aromatic N) is 2. The number of anilines is 1. The van der Waals surface area contributed by atoms with E-state index in [2.05, 4.69) is 22.3 Å². The molecule has 1 atom stereocenters. The Labute approximate surface area is 175 Å². The molecular formula is C22H26ClF2N3O. The molecule has 3 rings (SSSR count). The van der Waals surface area contributed by atoms with Crippen molar-refractivity contribution in [2.45, 2.75) is 19.3 Å². The minimum Gasteiger partial charge on any atom is -0.327 e. The van der Waals surface area contributed by atoms with E-state index in [9.17, 15) is 13.6 Å². The van der Waals surface area contributed by atoms with E-state index >= 15 is 0 Å². The lowest BCUT2D eigenvalue weighted by Gasteiger charge is -2.34. The summed E-state index contributed by atoms with van der Waals surface area (Å²) < 4.78 is 26.7. The molecule has 2 aromatic rings. The van der Waals surface area contributed by atoms with Crippen molar-refractivity contribution < 1.29 is 13.6 Å². The number of urea groups is 1. The van der Waals surface area contributed by atoms with Crippen molar-refractivity contribution in [3.63, 3.8) is 0 Å². The molecule has 4 nitrogen and oxygen atoms in total. The van der Waals surface area contributed by atoms with Crippen LogP contribution in [0, 0.1) is 17.6 Å². The van der Waals surface area contributed by atoms with Gasteiger partial charge in [0.25, 0.3) is 0 Å². The monoisotopic (exact) mass is 421 g/mol. The number of nitrogens with one attached hydrogen (secondary N) is 1. The van der Waals surface area contributed by atoms with Crippen LogP contribution in [0.2, 0.25) is 5.02 Å². The lowest BCUT2D eigenvalue weighted by molar-refractivity contribution is 0.150. The third kappa shape index (κ3) is 6.41. The Hall–Kier alpha value is -2.18. The van der Waals surface area contributed by atoms with E-state index in [0.717, 1.165) is 56.1 Å². The number of piperidine rings is 1. The Bertz CT molecular complexity index is 831. The number of rotatable bonds is 6. The van der Waals surface area contributed by atoms with Crippen LogP contribution in [-0.2, 0) is 6.42 Å². The fourth-order valence-corrected chi connectivity index (χ4v) is 3.84. The maximum Gasteiger partial charge on any atom is 0.321 e. The Kier molecular flexibility index (Phi) is 7.45. The summed E-state index contributed by atoms with van der Waals surface area (Å²) in [6.07, 6.45) is 3.11. The quantitative estimate of drug-likeness (QED) is 0.709. The van der Waals surface area contributed by atoms with Gasteiger partial charge in [-0.25, -0.2) is 13.6 Å². The Morgan fingerprint density at radius 2 is 2.00 bits per heavy atom. The topological polar surface area (TPSA) is 35.6 Å². The first-order valence-electron chi connectivity index (χ1n) is 9.84. The molecule has 1 aliphatic rings. The second-order valence-electron chi connectivity index (χ2n) is 7.62. The molecule has 0 aromatic heterocycles. The number of halogens is 3. The van der Waals surface area contributed by atoms with Gasteiger partial charge in [-0.2, -0.15) is 0 Å². The number of hydrogen-bond donors (Lipinski definition) is 1. The standard InChI is InChI=1S/C22H26ClF2N3O/c1-27(22(29)26-21-9-8-19(24)13-20(21)25)14-17-3-2-11-28(15-17)12-10-16-4-6-18(23)7-5-16/h4-9,13,17H,2-3,10-12,14-15H2,1H3,(H,26,29). The largest absolute Gasteiger partial charge is 0.327 e. The fourth-order valence-electron chi connectivity index (χ4n) is 3.71. The summed E-state index contributed by atoms with van der Waals surface area (Å²) in [5, 5.41) is 3.25. The van der Waals surface area contributed by atoms with Crippen molar-refractivity contribution in [1.29, 1.82) is 0 Å². The van der Waals surface area contributed by atoms with E-state index in [1.54, 1.807) is 11.9 Å². The molecule has 1 saturated heterocycles. The van der Waals surface area contributed by atoms with Crippen LogP contribution in [0.5, 0.6) is 0 Å². The van der Waals surface area contributed by atoms with Crippen LogP contribution in [0.15, 0.2) is 42.5 Å². The number of carbonyl (C=O) groups is 1. The molecule has 1 unspecified atom stereocenters. The van der Waals surface area contributed by atoms with Crippen molar-refractivity contribution in [2.75, 3.05) is 38.5 Å². The van der Waals surface area contributed by atoms with Gasteiger partial charge in [0, 0.05) is 37.8 Å². The Morgan fingerprint density at radius 1 is 1.24 bits per heavy atom. The SMILES string of the molecule is CN(CC1CCCN(CCc2ccc(Cl)cc2)C1)C(=O)Nc1ccc(F)cc1F. The van der Waals surface area contributed by atoms with Gasteiger partial charge in [0.05, 0.1) is 5.69 Å². The number of amides is 2. The zero-order valence-corrected chi connectivity index (χ0v) is 17.3. The van der Waals surface area contributed by atoms with Gasteiger partial charge in [0.1, 0.15) is 11.6 Å². The molecule has 1 heterocycles. The Morgan fingerprint density at radius 3 is 2.72 bits per heavy atom. The van der Waals surface area contributed by atoms with Crippen molar-refractivity contribution in [1.82, 2.24) is 9.80 Å². The van der Waals surface area contributed by atoms with Crippen molar-refractivity contribution in [2.24, 2.45) is 5.92 Å². The van der Waals surface area contributed by atoms with Crippen LogP contribution in [0.3, 0.4) is 0 Å². The highest BCUT2D eigenvalue weighted by molar-refractivity contribution is 6.30. The average molecular weight is 422 g/mol. The van der Waals surface area contributed by atoms with Crippen LogP contribution in [0.4, 0.5) is 19.3 Å². The van der Waals surface area contributed by atoms with E-state index in [1.165, 1.54) is 11.6 Å². The van der Waals surface area contributed by atoms with E-state index in [0.29, 0.717) is 12.5 Å². The fraction of sp³-hybridized carbons (Fsp3) is 0.409. The first-order valence-corrected chi connectivity index (χ1v) is 10.2. The maximum absolute atomic E-state index is 13.7. The predicted octanol–water partition coefficient (Wildman–Crippen LogP) is 5.04. The zero-order valence-electron chi connectivity index (χ0n) is 16.5.